The first kappa shape index (κ1) is 15.0. The molecule has 1 aromatic heterocycles. The van der Waals surface area contributed by atoms with Gasteiger partial charge >= 0.3 is 6.61 Å². The molecule has 1 aromatic carbocycles. The number of halogens is 3. The zero-order chi connectivity index (χ0) is 15.7. The summed E-state index contributed by atoms with van der Waals surface area (Å²) in [6.45, 7) is 0.349. The summed E-state index contributed by atoms with van der Waals surface area (Å²) in [5.74, 6) is -1.17. The van der Waals surface area contributed by atoms with Gasteiger partial charge in [0.25, 0.3) is 0 Å². The van der Waals surface area contributed by atoms with Crippen molar-refractivity contribution in [2.45, 2.75) is 20.5 Å². The van der Waals surface area contributed by atoms with Crippen LogP contribution < -0.4 is 15.2 Å². The number of nitrogens with zero attached hydrogens (tertiary/aromatic N) is 2. The fraction of sp³-hybridized carbons (Fsp3) is 0.308. The number of ether oxygens (including phenoxy) is 2. The van der Waals surface area contributed by atoms with Gasteiger partial charge in [-0.05, 0) is 13.8 Å². The molecule has 114 valence electrons. The van der Waals surface area contributed by atoms with Gasteiger partial charge in [0.1, 0.15) is 5.69 Å². The molecular weight excluding hydrogens is 287 g/mol. The second-order valence-electron chi connectivity index (χ2n) is 4.42. The number of rotatable bonds is 4. The Balaban J connectivity index is 2.39. The molecule has 21 heavy (non-hydrogen) atoms. The first-order valence-corrected chi connectivity index (χ1v) is 6.01. The summed E-state index contributed by atoms with van der Waals surface area (Å²) >= 11 is 0. The van der Waals surface area contributed by atoms with Crippen molar-refractivity contribution in [3.05, 3.63) is 29.3 Å². The Morgan fingerprint density at radius 1 is 1.24 bits per heavy atom. The van der Waals surface area contributed by atoms with Gasteiger partial charge in [0.2, 0.25) is 0 Å². The summed E-state index contributed by atoms with van der Waals surface area (Å²) in [7, 11) is 1.73. The van der Waals surface area contributed by atoms with Crippen LogP contribution in [0.15, 0.2) is 12.1 Å². The highest BCUT2D eigenvalue weighted by Gasteiger charge is 2.17. The molecule has 0 fully saturated rings. The molecular formula is C13H14F3N3O2. The van der Waals surface area contributed by atoms with E-state index in [1.165, 1.54) is 0 Å². The molecule has 0 saturated heterocycles. The Hall–Kier alpha value is -2.38. The van der Waals surface area contributed by atoms with Crippen LogP contribution in [-0.4, -0.2) is 16.4 Å². The van der Waals surface area contributed by atoms with Gasteiger partial charge in [-0.3, -0.25) is 4.68 Å². The van der Waals surface area contributed by atoms with E-state index < -0.39 is 18.2 Å². The van der Waals surface area contributed by atoms with Gasteiger partial charge < -0.3 is 15.2 Å². The molecule has 0 radical (unpaired) electrons. The summed E-state index contributed by atoms with van der Waals surface area (Å²) in [5.41, 5.74) is 6.92. The molecule has 1 heterocycles. The lowest BCUT2D eigenvalue weighted by Crippen LogP contribution is -2.05. The van der Waals surface area contributed by atoms with Crippen LogP contribution in [0.2, 0.25) is 0 Å². The van der Waals surface area contributed by atoms with E-state index in [-0.39, 0.29) is 11.4 Å². The predicted octanol–water partition coefficient (Wildman–Crippen LogP) is 3.15. The van der Waals surface area contributed by atoms with Gasteiger partial charge in [0.05, 0.1) is 11.4 Å². The topological polar surface area (TPSA) is 62.3 Å². The number of alkyl halides is 2. The van der Waals surface area contributed by atoms with Crippen LogP contribution in [0.25, 0.3) is 0 Å². The van der Waals surface area contributed by atoms with Crippen molar-refractivity contribution in [3.8, 4) is 17.2 Å². The van der Waals surface area contributed by atoms with Crippen molar-refractivity contribution in [3.63, 3.8) is 0 Å². The Kier molecular flexibility index (Phi) is 3.97. The highest BCUT2D eigenvalue weighted by atomic mass is 19.3. The summed E-state index contributed by atoms with van der Waals surface area (Å²) in [5, 5.41) is 4.15. The van der Waals surface area contributed by atoms with Gasteiger partial charge in [0.15, 0.2) is 23.1 Å². The molecule has 0 aliphatic rings. The lowest BCUT2D eigenvalue weighted by Gasteiger charge is -2.12. The van der Waals surface area contributed by atoms with Crippen molar-refractivity contribution in [1.29, 1.82) is 0 Å². The molecule has 0 bridgehead atoms. The molecule has 0 amide bonds. The summed E-state index contributed by atoms with van der Waals surface area (Å²) in [4.78, 5) is 0. The summed E-state index contributed by atoms with van der Waals surface area (Å²) < 4.78 is 49.2. The van der Waals surface area contributed by atoms with E-state index in [1.54, 1.807) is 25.6 Å². The normalized spacial score (nSPS) is 11.0. The molecule has 0 atom stereocenters. The fourth-order valence-electron chi connectivity index (χ4n) is 1.84. The smallest absolute Gasteiger partial charge is 0.387 e. The fourth-order valence-corrected chi connectivity index (χ4v) is 1.84. The predicted molar refractivity (Wildman–Crippen MR) is 70.2 cm³/mol. The molecule has 0 saturated carbocycles. The monoisotopic (exact) mass is 301 g/mol. The number of benzene rings is 1. The van der Waals surface area contributed by atoms with E-state index in [4.69, 9.17) is 10.5 Å². The highest BCUT2D eigenvalue weighted by molar-refractivity contribution is 5.58. The first-order valence-electron chi connectivity index (χ1n) is 6.01. The van der Waals surface area contributed by atoms with Crippen LogP contribution in [-0.2, 0) is 7.05 Å². The quantitative estimate of drug-likeness (QED) is 0.881. The lowest BCUT2D eigenvalue weighted by molar-refractivity contribution is -0.0522. The van der Waals surface area contributed by atoms with Crippen molar-refractivity contribution in [2.24, 2.45) is 7.05 Å². The van der Waals surface area contributed by atoms with E-state index in [9.17, 15) is 13.2 Å². The summed E-state index contributed by atoms with van der Waals surface area (Å²) in [6.07, 6.45) is 0. The molecule has 0 aliphatic carbocycles. The van der Waals surface area contributed by atoms with E-state index in [0.29, 0.717) is 17.1 Å². The van der Waals surface area contributed by atoms with Crippen LogP contribution in [0.3, 0.4) is 0 Å². The molecule has 0 spiro atoms. The Morgan fingerprint density at radius 2 is 1.90 bits per heavy atom. The molecule has 0 unspecified atom stereocenters. The molecule has 2 rings (SSSR count). The average Bonchev–Trinajstić information content (AvgIpc) is 2.61. The Bertz CT molecular complexity index is 671. The zero-order valence-electron chi connectivity index (χ0n) is 11.7. The second kappa shape index (κ2) is 5.55. The minimum atomic E-state index is -3.14. The van der Waals surface area contributed by atoms with E-state index in [0.717, 1.165) is 12.1 Å². The lowest BCUT2D eigenvalue weighted by atomic mass is 10.2. The van der Waals surface area contributed by atoms with Gasteiger partial charge in [-0.15, -0.1) is 0 Å². The van der Waals surface area contributed by atoms with E-state index >= 15 is 0 Å². The SMILES string of the molecule is Cc1nn(C)c(C)c1Oc1cc(OC(F)F)c(F)cc1N. The van der Waals surface area contributed by atoms with E-state index in [2.05, 4.69) is 9.84 Å². The largest absolute Gasteiger partial charge is 0.451 e. The molecule has 0 aliphatic heterocycles. The summed E-state index contributed by atoms with van der Waals surface area (Å²) in [6, 6.07) is 1.86. The number of nitrogen functional groups attached to an aromatic ring is 1. The standard InChI is InChI=1S/C13H14F3N3O2/c1-6-12(7(2)19(3)18-6)20-11-5-10(21-13(15)16)8(14)4-9(11)17/h4-5,13H,17H2,1-3H3. The maximum atomic E-state index is 13.5. The molecule has 2 aromatic rings. The van der Waals surface area contributed by atoms with Crippen LogP contribution in [0.5, 0.6) is 17.2 Å². The Labute approximate surface area is 119 Å². The van der Waals surface area contributed by atoms with Crippen LogP contribution in [0.4, 0.5) is 18.9 Å². The zero-order valence-corrected chi connectivity index (χ0v) is 11.7. The average molecular weight is 301 g/mol. The van der Waals surface area contributed by atoms with Gasteiger partial charge in [-0.25, -0.2) is 4.39 Å². The van der Waals surface area contributed by atoms with Crippen LogP contribution in [0.1, 0.15) is 11.4 Å². The highest BCUT2D eigenvalue weighted by Crippen LogP contribution is 2.36. The van der Waals surface area contributed by atoms with Crippen LogP contribution in [0, 0.1) is 19.7 Å². The maximum Gasteiger partial charge on any atom is 0.387 e. The minimum Gasteiger partial charge on any atom is -0.451 e. The van der Waals surface area contributed by atoms with Crippen molar-refractivity contribution in [2.75, 3.05) is 5.73 Å². The van der Waals surface area contributed by atoms with Gasteiger partial charge in [-0.2, -0.15) is 13.9 Å². The number of aromatic nitrogens is 2. The third-order valence-corrected chi connectivity index (χ3v) is 2.94. The third kappa shape index (κ3) is 3.04. The first-order chi connectivity index (χ1) is 9.79. The van der Waals surface area contributed by atoms with Crippen molar-refractivity contribution in [1.82, 2.24) is 9.78 Å². The van der Waals surface area contributed by atoms with Crippen LogP contribution >= 0.6 is 0 Å². The number of nitrogens with two attached hydrogens (primary N) is 1. The molecule has 2 N–H and O–H groups in total. The second-order valence-corrected chi connectivity index (χ2v) is 4.42. The number of hydrogen-bond acceptors (Lipinski definition) is 4. The number of aryl methyl sites for hydroxylation is 2. The molecule has 5 nitrogen and oxygen atoms in total. The van der Waals surface area contributed by atoms with Crippen molar-refractivity contribution >= 4 is 5.69 Å². The maximum absolute atomic E-state index is 13.5. The number of hydrogen-bond donors (Lipinski definition) is 1. The van der Waals surface area contributed by atoms with Gasteiger partial charge in [-0.1, -0.05) is 0 Å². The van der Waals surface area contributed by atoms with Crippen molar-refractivity contribution < 1.29 is 22.6 Å². The number of anilines is 1. The van der Waals surface area contributed by atoms with E-state index in [1.807, 2.05) is 0 Å². The third-order valence-electron chi connectivity index (χ3n) is 2.94. The minimum absolute atomic E-state index is 0.0197. The Morgan fingerprint density at radius 3 is 2.43 bits per heavy atom. The van der Waals surface area contributed by atoms with Gasteiger partial charge in [0, 0.05) is 19.2 Å². The molecule has 8 heteroatoms.